The molecule has 1 aromatic heterocycles. The van der Waals surface area contributed by atoms with Gasteiger partial charge in [0, 0.05) is 13.0 Å². The summed E-state index contributed by atoms with van der Waals surface area (Å²) in [6.07, 6.45) is 1.82. The highest BCUT2D eigenvalue weighted by Crippen LogP contribution is 2.26. The third-order valence-corrected chi connectivity index (χ3v) is 5.01. The summed E-state index contributed by atoms with van der Waals surface area (Å²) in [5.74, 6) is -1.01. The molecule has 0 aliphatic rings. The Kier molecular flexibility index (Phi) is 7.11. The Hall–Kier alpha value is -3.74. The van der Waals surface area contributed by atoms with Crippen molar-refractivity contribution >= 4 is 18.2 Å². The van der Waals surface area contributed by atoms with Crippen LogP contribution in [0.25, 0.3) is 11.1 Å². The van der Waals surface area contributed by atoms with E-state index in [0.29, 0.717) is 24.1 Å². The molecule has 0 bridgehead atoms. The van der Waals surface area contributed by atoms with E-state index in [1.807, 2.05) is 64.1 Å². The van der Waals surface area contributed by atoms with Crippen molar-refractivity contribution in [3.63, 3.8) is 0 Å². The normalized spacial score (nSPS) is 11.3. The number of aldehydes is 1. The lowest BCUT2D eigenvalue weighted by atomic mass is 9.98. The lowest BCUT2D eigenvalue weighted by Gasteiger charge is -2.20. The molecule has 0 saturated carbocycles. The molecular formula is C26H28N2O5. The fourth-order valence-corrected chi connectivity index (χ4v) is 3.63. The molecule has 0 aliphatic carbocycles. The maximum absolute atomic E-state index is 12.7. The summed E-state index contributed by atoms with van der Waals surface area (Å²) in [4.78, 5) is 40.0. The molecule has 33 heavy (non-hydrogen) atoms. The van der Waals surface area contributed by atoms with Crippen LogP contribution < -0.4 is 0 Å². The van der Waals surface area contributed by atoms with Gasteiger partial charge in [0.05, 0.1) is 5.56 Å². The largest absolute Gasteiger partial charge is 0.477 e. The Bertz CT molecular complexity index is 1170. The fourth-order valence-electron chi connectivity index (χ4n) is 3.63. The third kappa shape index (κ3) is 5.55. The molecule has 0 unspecified atom stereocenters. The maximum Gasteiger partial charge on any atom is 0.354 e. The first-order valence-corrected chi connectivity index (χ1v) is 10.8. The van der Waals surface area contributed by atoms with Crippen LogP contribution in [-0.2, 0) is 17.7 Å². The molecule has 0 spiro atoms. The number of benzene rings is 2. The summed E-state index contributed by atoms with van der Waals surface area (Å²) in [5.41, 5.74) is 2.15. The van der Waals surface area contributed by atoms with Crippen molar-refractivity contribution in [3.8, 4) is 11.1 Å². The molecule has 172 valence electrons. The van der Waals surface area contributed by atoms with E-state index in [0.717, 1.165) is 23.1 Å². The van der Waals surface area contributed by atoms with Crippen molar-refractivity contribution in [3.05, 3.63) is 76.9 Å². The van der Waals surface area contributed by atoms with Crippen LogP contribution in [0.4, 0.5) is 0 Å². The molecule has 0 atom stereocenters. The number of ether oxygens (including phenoxy) is 1. The molecular weight excluding hydrogens is 420 g/mol. The van der Waals surface area contributed by atoms with E-state index in [1.54, 1.807) is 16.7 Å². The Balaban J connectivity index is 1.93. The van der Waals surface area contributed by atoms with Crippen LogP contribution in [0, 0.1) is 0 Å². The first kappa shape index (κ1) is 23.9. The van der Waals surface area contributed by atoms with Gasteiger partial charge in [0.15, 0.2) is 12.0 Å². The lowest BCUT2D eigenvalue weighted by molar-refractivity contribution is 0.00701. The second-order valence-corrected chi connectivity index (χ2v) is 8.77. The van der Waals surface area contributed by atoms with Gasteiger partial charge in [0.2, 0.25) is 0 Å². The van der Waals surface area contributed by atoms with Crippen LogP contribution in [-0.4, -0.2) is 38.5 Å². The molecule has 0 radical (unpaired) electrons. The highest BCUT2D eigenvalue weighted by molar-refractivity contribution is 5.97. The van der Waals surface area contributed by atoms with Crippen LogP contribution >= 0.6 is 0 Å². The first-order chi connectivity index (χ1) is 15.6. The SMILES string of the molecule is CCCc1nc(C=O)c(C(=O)O)n1Cc1ccc(-c2ccccc2C(=O)OC(C)(C)C)cc1. The lowest BCUT2D eigenvalue weighted by Crippen LogP contribution is -2.24. The number of imidazole rings is 1. The van der Waals surface area contributed by atoms with E-state index in [9.17, 15) is 19.5 Å². The molecule has 0 aliphatic heterocycles. The molecule has 0 fully saturated rings. The van der Waals surface area contributed by atoms with Crippen molar-refractivity contribution in [2.24, 2.45) is 0 Å². The molecule has 1 N–H and O–H groups in total. The van der Waals surface area contributed by atoms with Crippen LogP contribution in [0.2, 0.25) is 0 Å². The van der Waals surface area contributed by atoms with Crippen LogP contribution in [0.15, 0.2) is 48.5 Å². The summed E-state index contributed by atoms with van der Waals surface area (Å²) in [5, 5.41) is 9.63. The van der Waals surface area contributed by atoms with Crippen LogP contribution in [0.3, 0.4) is 0 Å². The molecule has 2 aromatic carbocycles. The van der Waals surface area contributed by atoms with E-state index in [4.69, 9.17) is 4.74 Å². The van der Waals surface area contributed by atoms with Crippen molar-refractivity contribution in [1.82, 2.24) is 9.55 Å². The number of carboxylic acids is 1. The van der Waals surface area contributed by atoms with Crippen molar-refractivity contribution in [2.45, 2.75) is 52.7 Å². The van der Waals surface area contributed by atoms with Gasteiger partial charge in [0.25, 0.3) is 0 Å². The van der Waals surface area contributed by atoms with Crippen molar-refractivity contribution in [1.29, 1.82) is 0 Å². The Labute approximate surface area is 193 Å². The van der Waals surface area contributed by atoms with Crippen molar-refractivity contribution < 1.29 is 24.2 Å². The van der Waals surface area contributed by atoms with Gasteiger partial charge in [0.1, 0.15) is 17.1 Å². The summed E-state index contributed by atoms with van der Waals surface area (Å²) in [6, 6.07) is 14.8. The molecule has 1 heterocycles. The number of carbonyl (C=O) groups is 3. The number of hydrogen-bond acceptors (Lipinski definition) is 5. The van der Waals surface area contributed by atoms with Gasteiger partial charge in [-0.3, -0.25) is 4.79 Å². The summed E-state index contributed by atoms with van der Waals surface area (Å²) in [7, 11) is 0. The zero-order valence-electron chi connectivity index (χ0n) is 19.3. The third-order valence-electron chi connectivity index (χ3n) is 5.01. The van der Waals surface area contributed by atoms with Crippen LogP contribution in [0.5, 0.6) is 0 Å². The van der Waals surface area contributed by atoms with Gasteiger partial charge >= 0.3 is 11.9 Å². The minimum atomic E-state index is -1.19. The minimum Gasteiger partial charge on any atom is -0.477 e. The van der Waals surface area contributed by atoms with Gasteiger partial charge in [-0.05, 0) is 49.9 Å². The summed E-state index contributed by atoms with van der Waals surface area (Å²) >= 11 is 0. The Morgan fingerprint density at radius 3 is 2.33 bits per heavy atom. The average Bonchev–Trinajstić information content (AvgIpc) is 3.11. The standard InChI is InChI=1S/C26H28N2O5/c1-5-8-22-27-21(16-29)23(24(30)31)28(22)15-17-11-13-18(14-12-17)19-9-6-7-10-20(19)25(32)33-26(2,3)4/h6-7,9-14,16H,5,8,15H2,1-4H3,(H,30,31). The molecule has 0 saturated heterocycles. The van der Waals surface area contributed by atoms with E-state index in [-0.39, 0.29) is 17.9 Å². The fraction of sp³-hybridized carbons (Fsp3) is 0.308. The maximum atomic E-state index is 12.7. The van der Waals surface area contributed by atoms with E-state index in [2.05, 4.69) is 4.98 Å². The van der Waals surface area contributed by atoms with Crippen LogP contribution in [0.1, 0.15) is 76.8 Å². The highest BCUT2D eigenvalue weighted by Gasteiger charge is 2.23. The smallest absolute Gasteiger partial charge is 0.354 e. The summed E-state index contributed by atoms with van der Waals surface area (Å²) < 4.78 is 7.12. The highest BCUT2D eigenvalue weighted by atomic mass is 16.6. The van der Waals surface area contributed by atoms with Crippen molar-refractivity contribution in [2.75, 3.05) is 0 Å². The number of aryl methyl sites for hydroxylation is 1. The monoisotopic (exact) mass is 448 g/mol. The number of esters is 1. The number of hydrogen-bond donors (Lipinski definition) is 1. The minimum absolute atomic E-state index is 0.0612. The number of aromatic carboxylic acids is 1. The van der Waals surface area contributed by atoms with E-state index in [1.165, 1.54) is 0 Å². The Morgan fingerprint density at radius 2 is 1.76 bits per heavy atom. The number of rotatable bonds is 8. The second-order valence-electron chi connectivity index (χ2n) is 8.77. The topological polar surface area (TPSA) is 98.5 Å². The predicted molar refractivity (Wildman–Crippen MR) is 125 cm³/mol. The number of carboxylic acid groups (broad SMARTS) is 1. The molecule has 3 aromatic rings. The number of carbonyl (C=O) groups excluding carboxylic acids is 2. The van der Waals surface area contributed by atoms with Gasteiger partial charge in [-0.1, -0.05) is 49.4 Å². The van der Waals surface area contributed by atoms with Gasteiger partial charge in [-0.15, -0.1) is 0 Å². The van der Waals surface area contributed by atoms with E-state index < -0.39 is 17.5 Å². The van der Waals surface area contributed by atoms with Gasteiger partial charge < -0.3 is 14.4 Å². The molecule has 7 heteroatoms. The zero-order chi connectivity index (χ0) is 24.2. The predicted octanol–water partition coefficient (Wildman–Crippen LogP) is 5.02. The van der Waals surface area contributed by atoms with E-state index >= 15 is 0 Å². The molecule has 7 nitrogen and oxygen atoms in total. The zero-order valence-corrected chi connectivity index (χ0v) is 19.3. The summed E-state index contributed by atoms with van der Waals surface area (Å²) in [6.45, 7) is 7.72. The van der Waals surface area contributed by atoms with Gasteiger partial charge in [-0.25, -0.2) is 14.6 Å². The number of aromatic nitrogens is 2. The molecule has 3 rings (SSSR count). The molecule has 0 amide bonds. The second kappa shape index (κ2) is 9.81. The van der Waals surface area contributed by atoms with Gasteiger partial charge in [-0.2, -0.15) is 0 Å². The quantitative estimate of drug-likeness (QED) is 0.384. The average molecular weight is 449 g/mol. The first-order valence-electron chi connectivity index (χ1n) is 10.8. The number of nitrogens with zero attached hydrogens (tertiary/aromatic N) is 2. The Morgan fingerprint density at radius 1 is 1.09 bits per heavy atom.